The average Bonchev–Trinajstić information content (AvgIpc) is 2.22. The maximum absolute atomic E-state index is 11.7. The molecule has 2 rings (SSSR count). The summed E-state index contributed by atoms with van der Waals surface area (Å²) in [6.07, 6.45) is 0. The van der Waals surface area contributed by atoms with E-state index in [1.807, 2.05) is 25.1 Å². The third kappa shape index (κ3) is 1.13. The highest BCUT2D eigenvalue weighted by Crippen LogP contribution is 2.34. The Balaban J connectivity index is 2.57. The number of Topliss-reactive ketones (excluding diaryl/α,β-unsaturated/α-hetero) is 1. The van der Waals surface area contributed by atoms with Crippen LogP contribution < -0.4 is 4.74 Å². The van der Waals surface area contributed by atoms with E-state index in [-0.39, 0.29) is 5.78 Å². The van der Waals surface area contributed by atoms with E-state index in [1.54, 1.807) is 13.8 Å². The summed E-state index contributed by atoms with van der Waals surface area (Å²) in [7, 11) is 0. The number of aryl methyl sites for hydroxylation is 1. The van der Waals surface area contributed by atoms with Gasteiger partial charge in [-0.05, 0) is 38.5 Å². The number of carbonyl (C=O) groups excluding carboxylic acids is 1. The number of carbonyl (C=O) groups is 1. The highest BCUT2D eigenvalue weighted by Gasteiger charge is 2.39. The van der Waals surface area contributed by atoms with Crippen LogP contribution in [0.2, 0.25) is 0 Å². The van der Waals surface area contributed by atoms with Crippen molar-refractivity contribution < 1.29 is 9.53 Å². The van der Waals surface area contributed by atoms with Crippen LogP contribution >= 0.6 is 0 Å². The second kappa shape index (κ2) is 2.34. The van der Waals surface area contributed by atoms with Crippen molar-refractivity contribution in [3.8, 4) is 5.75 Å². The standard InChI is InChI=1S/C11H12O2/c1-7-4-5-8-9(6-7)13-11(2,3)10(8)12/h4-6H,1-3H3. The Labute approximate surface area is 77.5 Å². The first-order valence-corrected chi connectivity index (χ1v) is 4.35. The van der Waals surface area contributed by atoms with E-state index in [4.69, 9.17) is 4.74 Å². The van der Waals surface area contributed by atoms with Gasteiger partial charge in [-0.2, -0.15) is 0 Å². The second-order valence-corrected chi connectivity index (χ2v) is 3.94. The normalized spacial score (nSPS) is 18.2. The zero-order valence-corrected chi connectivity index (χ0v) is 8.05. The van der Waals surface area contributed by atoms with Crippen LogP contribution in [-0.4, -0.2) is 11.4 Å². The summed E-state index contributed by atoms with van der Waals surface area (Å²) >= 11 is 0. The van der Waals surface area contributed by atoms with Crippen LogP contribution in [0, 0.1) is 6.92 Å². The summed E-state index contributed by atoms with van der Waals surface area (Å²) in [6.45, 7) is 5.58. The molecule has 68 valence electrons. The predicted octanol–water partition coefficient (Wildman–Crippen LogP) is 2.35. The van der Waals surface area contributed by atoms with E-state index in [0.717, 1.165) is 11.3 Å². The number of rotatable bonds is 0. The molecule has 1 aliphatic heterocycles. The van der Waals surface area contributed by atoms with E-state index in [2.05, 4.69) is 0 Å². The number of ketones is 1. The Hall–Kier alpha value is -1.31. The Morgan fingerprint density at radius 3 is 2.69 bits per heavy atom. The molecule has 13 heavy (non-hydrogen) atoms. The van der Waals surface area contributed by atoms with Gasteiger partial charge in [0.05, 0.1) is 5.56 Å². The molecule has 0 saturated carbocycles. The molecule has 0 amide bonds. The van der Waals surface area contributed by atoms with Gasteiger partial charge in [-0.3, -0.25) is 4.79 Å². The van der Waals surface area contributed by atoms with Gasteiger partial charge >= 0.3 is 0 Å². The molecule has 0 atom stereocenters. The fourth-order valence-corrected chi connectivity index (χ4v) is 1.55. The molecule has 1 aromatic carbocycles. The minimum absolute atomic E-state index is 0.0718. The zero-order valence-electron chi connectivity index (χ0n) is 8.05. The first-order chi connectivity index (χ1) is 6.00. The number of hydrogen-bond donors (Lipinski definition) is 0. The molecule has 0 aliphatic carbocycles. The van der Waals surface area contributed by atoms with Crippen LogP contribution in [0.3, 0.4) is 0 Å². The van der Waals surface area contributed by atoms with E-state index >= 15 is 0 Å². The van der Waals surface area contributed by atoms with Crippen LogP contribution in [0.4, 0.5) is 0 Å². The molecule has 0 unspecified atom stereocenters. The van der Waals surface area contributed by atoms with Gasteiger partial charge in [0.15, 0.2) is 5.60 Å². The molecule has 0 spiro atoms. The molecule has 0 saturated heterocycles. The summed E-state index contributed by atoms with van der Waals surface area (Å²) in [5.41, 5.74) is 1.13. The third-order valence-electron chi connectivity index (χ3n) is 2.29. The maximum atomic E-state index is 11.7. The van der Waals surface area contributed by atoms with Crippen LogP contribution in [-0.2, 0) is 0 Å². The minimum atomic E-state index is -0.684. The van der Waals surface area contributed by atoms with Gasteiger partial charge in [-0.1, -0.05) is 6.07 Å². The molecule has 2 heteroatoms. The van der Waals surface area contributed by atoms with E-state index in [1.165, 1.54) is 0 Å². The highest BCUT2D eigenvalue weighted by atomic mass is 16.5. The summed E-state index contributed by atoms with van der Waals surface area (Å²) < 4.78 is 5.54. The lowest BCUT2D eigenvalue weighted by atomic mass is 9.99. The molecule has 1 heterocycles. The Bertz CT molecular complexity index is 378. The molecule has 0 fully saturated rings. The van der Waals surface area contributed by atoms with Crippen molar-refractivity contribution >= 4 is 5.78 Å². The van der Waals surface area contributed by atoms with Crippen LogP contribution in [0.25, 0.3) is 0 Å². The van der Waals surface area contributed by atoms with Crippen LogP contribution in [0.1, 0.15) is 29.8 Å². The third-order valence-corrected chi connectivity index (χ3v) is 2.29. The van der Waals surface area contributed by atoms with E-state index in [9.17, 15) is 4.79 Å². The summed E-state index contributed by atoms with van der Waals surface area (Å²) in [4.78, 5) is 11.7. The van der Waals surface area contributed by atoms with Crippen molar-refractivity contribution in [1.29, 1.82) is 0 Å². The number of hydrogen-bond acceptors (Lipinski definition) is 2. The molecule has 2 nitrogen and oxygen atoms in total. The quantitative estimate of drug-likeness (QED) is 0.606. The Kier molecular flexibility index (Phi) is 1.50. The SMILES string of the molecule is Cc1ccc2c(c1)OC(C)(C)C2=O. The fraction of sp³-hybridized carbons (Fsp3) is 0.364. The molecule has 0 bridgehead atoms. The topological polar surface area (TPSA) is 26.3 Å². The van der Waals surface area contributed by atoms with Gasteiger partial charge in [0.1, 0.15) is 5.75 Å². The van der Waals surface area contributed by atoms with Crippen molar-refractivity contribution in [2.75, 3.05) is 0 Å². The van der Waals surface area contributed by atoms with Crippen molar-refractivity contribution in [2.45, 2.75) is 26.4 Å². The van der Waals surface area contributed by atoms with Crippen LogP contribution in [0.15, 0.2) is 18.2 Å². The smallest absolute Gasteiger partial charge is 0.209 e. The van der Waals surface area contributed by atoms with Gasteiger partial charge in [0.25, 0.3) is 0 Å². The molecular formula is C11H12O2. The molecule has 1 aromatic rings. The average molecular weight is 176 g/mol. The van der Waals surface area contributed by atoms with E-state index < -0.39 is 5.60 Å². The summed E-state index contributed by atoms with van der Waals surface area (Å²) in [6, 6.07) is 5.67. The maximum Gasteiger partial charge on any atom is 0.209 e. The second-order valence-electron chi connectivity index (χ2n) is 3.94. The van der Waals surface area contributed by atoms with Crippen molar-refractivity contribution in [2.24, 2.45) is 0 Å². The molecular weight excluding hydrogens is 164 g/mol. The summed E-state index contributed by atoms with van der Waals surface area (Å²) in [5, 5.41) is 0. The largest absolute Gasteiger partial charge is 0.479 e. The molecule has 1 aliphatic rings. The van der Waals surface area contributed by atoms with Crippen molar-refractivity contribution in [3.05, 3.63) is 29.3 Å². The fourth-order valence-electron chi connectivity index (χ4n) is 1.55. The van der Waals surface area contributed by atoms with Crippen molar-refractivity contribution in [3.63, 3.8) is 0 Å². The first-order valence-electron chi connectivity index (χ1n) is 4.35. The number of ether oxygens (including phenoxy) is 1. The molecule has 0 radical (unpaired) electrons. The lowest BCUT2D eigenvalue weighted by Crippen LogP contribution is -2.31. The first kappa shape index (κ1) is 8.30. The summed E-state index contributed by atoms with van der Waals surface area (Å²) in [5.74, 6) is 0.789. The van der Waals surface area contributed by atoms with E-state index in [0.29, 0.717) is 5.56 Å². The molecule has 0 N–H and O–H groups in total. The Morgan fingerprint density at radius 2 is 2.00 bits per heavy atom. The van der Waals surface area contributed by atoms with Gasteiger partial charge in [-0.25, -0.2) is 0 Å². The monoisotopic (exact) mass is 176 g/mol. The van der Waals surface area contributed by atoms with Gasteiger partial charge in [0, 0.05) is 0 Å². The zero-order chi connectivity index (χ0) is 9.64. The lowest BCUT2D eigenvalue weighted by Gasteiger charge is -2.14. The number of benzene rings is 1. The van der Waals surface area contributed by atoms with Crippen LogP contribution in [0.5, 0.6) is 5.75 Å². The van der Waals surface area contributed by atoms with Gasteiger partial charge in [-0.15, -0.1) is 0 Å². The minimum Gasteiger partial charge on any atom is -0.479 e. The highest BCUT2D eigenvalue weighted by molar-refractivity contribution is 6.06. The lowest BCUT2D eigenvalue weighted by molar-refractivity contribution is 0.0684. The number of fused-ring (bicyclic) bond motifs is 1. The Morgan fingerprint density at radius 1 is 1.31 bits per heavy atom. The van der Waals surface area contributed by atoms with Gasteiger partial charge in [0.2, 0.25) is 5.78 Å². The van der Waals surface area contributed by atoms with Crippen molar-refractivity contribution in [1.82, 2.24) is 0 Å². The molecule has 0 aromatic heterocycles. The van der Waals surface area contributed by atoms with Gasteiger partial charge < -0.3 is 4.74 Å². The predicted molar refractivity (Wildman–Crippen MR) is 50.2 cm³/mol.